The summed E-state index contributed by atoms with van der Waals surface area (Å²) in [4.78, 5) is 11.6. The minimum Gasteiger partial charge on any atom is -0.393 e. The molecule has 1 heterocycles. The molecule has 0 fully saturated rings. The molecule has 0 saturated heterocycles. The van der Waals surface area contributed by atoms with E-state index in [1.807, 2.05) is 20.8 Å². The Hall–Kier alpha value is -1.36. The van der Waals surface area contributed by atoms with Crippen LogP contribution in [0.1, 0.15) is 49.7 Å². The van der Waals surface area contributed by atoms with E-state index in [9.17, 15) is 4.79 Å². The molecule has 0 aliphatic heterocycles. The summed E-state index contributed by atoms with van der Waals surface area (Å²) in [6.45, 7) is 7.25. The summed E-state index contributed by atoms with van der Waals surface area (Å²) in [7, 11) is 0. The Labute approximate surface area is 101 Å². The van der Waals surface area contributed by atoms with Crippen LogP contribution in [-0.4, -0.2) is 22.3 Å². The van der Waals surface area contributed by atoms with Crippen molar-refractivity contribution in [3.8, 4) is 0 Å². The molecule has 0 radical (unpaired) electrons. The molecule has 0 spiro atoms. The second-order valence-corrected chi connectivity index (χ2v) is 4.41. The number of nitrogens with zero attached hydrogens (tertiary/aromatic N) is 1. The topological polar surface area (TPSA) is 75.4 Å². The van der Waals surface area contributed by atoms with Gasteiger partial charge in [0.15, 0.2) is 0 Å². The SMILES string of the molecule is Cc1noc(C)c1C(C)NC(=O)CCC(C)O. The Balaban J connectivity index is 2.55. The molecule has 5 nitrogen and oxygen atoms in total. The standard InChI is InChI=1S/C12H20N2O3/c1-7(15)5-6-11(16)13-8(2)12-9(3)14-17-10(12)4/h7-8,15H,5-6H2,1-4H3,(H,13,16). The molecule has 2 atom stereocenters. The Morgan fingerprint density at radius 3 is 2.59 bits per heavy atom. The minimum atomic E-state index is -0.449. The molecule has 0 saturated carbocycles. The summed E-state index contributed by atoms with van der Waals surface area (Å²) in [6, 6.07) is -0.122. The molecular formula is C12H20N2O3. The van der Waals surface area contributed by atoms with Crippen molar-refractivity contribution in [3.05, 3.63) is 17.0 Å². The van der Waals surface area contributed by atoms with Crippen molar-refractivity contribution in [3.63, 3.8) is 0 Å². The van der Waals surface area contributed by atoms with Crippen molar-refractivity contribution in [2.45, 2.75) is 52.7 Å². The van der Waals surface area contributed by atoms with Gasteiger partial charge in [-0.25, -0.2) is 0 Å². The van der Waals surface area contributed by atoms with Gasteiger partial charge in [0, 0.05) is 12.0 Å². The number of carbonyl (C=O) groups excluding carboxylic acids is 1. The van der Waals surface area contributed by atoms with Crippen LogP contribution in [0.25, 0.3) is 0 Å². The number of aliphatic hydroxyl groups is 1. The molecule has 1 rings (SSSR count). The van der Waals surface area contributed by atoms with E-state index in [4.69, 9.17) is 9.63 Å². The van der Waals surface area contributed by atoms with Crippen molar-refractivity contribution in [2.24, 2.45) is 0 Å². The fourth-order valence-corrected chi connectivity index (χ4v) is 1.83. The van der Waals surface area contributed by atoms with Gasteiger partial charge < -0.3 is 14.9 Å². The Bertz CT molecular complexity index is 366. The third-order valence-electron chi connectivity index (χ3n) is 2.69. The number of rotatable bonds is 5. The maximum Gasteiger partial charge on any atom is 0.220 e. The molecule has 2 N–H and O–H groups in total. The smallest absolute Gasteiger partial charge is 0.220 e. The third-order valence-corrected chi connectivity index (χ3v) is 2.69. The van der Waals surface area contributed by atoms with Crippen LogP contribution in [0.5, 0.6) is 0 Å². The van der Waals surface area contributed by atoms with Crippen molar-refractivity contribution in [2.75, 3.05) is 0 Å². The summed E-state index contributed by atoms with van der Waals surface area (Å²) in [6.07, 6.45) is 0.348. The number of aryl methyl sites for hydroxylation is 2. The van der Waals surface area contributed by atoms with Gasteiger partial charge in [0.2, 0.25) is 5.91 Å². The predicted molar refractivity (Wildman–Crippen MR) is 63.4 cm³/mol. The highest BCUT2D eigenvalue weighted by Crippen LogP contribution is 2.20. The van der Waals surface area contributed by atoms with Crippen LogP contribution in [0.4, 0.5) is 0 Å². The zero-order valence-electron chi connectivity index (χ0n) is 10.8. The van der Waals surface area contributed by atoms with Gasteiger partial charge in [-0.2, -0.15) is 0 Å². The summed E-state index contributed by atoms with van der Waals surface area (Å²) in [5.74, 6) is 0.657. The van der Waals surface area contributed by atoms with Gasteiger partial charge in [0.25, 0.3) is 0 Å². The lowest BCUT2D eigenvalue weighted by molar-refractivity contribution is -0.122. The molecule has 1 aromatic rings. The van der Waals surface area contributed by atoms with Crippen LogP contribution < -0.4 is 5.32 Å². The zero-order chi connectivity index (χ0) is 13.0. The van der Waals surface area contributed by atoms with Crippen molar-refractivity contribution in [1.82, 2.24) is 10.5 Å². The number of hydrogen-bond donors (Lipinski definition) is 2. The number of aliphatic hydroxyl groups excluding tert-OH is 1. The lowest BCUT2D eigenvalue weighted by Crippen LogP contribution is -2.27. The highest BCUT2D eigenvalue weighted by atomic mass is 16.5. The number of hydrogen-bond acceptors (Lipinski definition) is 4. The molecule has 96 valence electrons. The van der Waals surface area contributed by atoms with Crippen LogP contribution in [0.3, 0.4) is 0 Å². The highest BCUT2D eigenvalue weighted by Gasteiger charge is 2.18. The van der Waals surface area contributed by atoms with Gasteiger partial charge in [-0.15, -0.1) is 0 Å². The molecule has 0 bridgehead atoms. The summed E-state index contributed by atoms with van der Waals surface area (Å²) >= 11 is 0. The first-order valence-corrected chi connectivity index (χ1v) is 5.82. The van der Waals surface area contributed by atoms with Crippen LogP contribution in [-0.2, 0) is 4.79 Å². The fraction of sp³-hybridized carbons (Fsp3) is 0.667. The zero-order valence-corrected chi connectivity index (χ0v) is 10.8. The number of amides is 1. The maximum atomic E-state index is 11.6. The van der Waals surface area contributed by atoms with Gasteiger partial charge in [0.05, 0.1) is 17.8 Å². The van der Waals surface area contributed by atoms with Crippen LogP contribution in [0.2, 0.25) is 0 Å². The largest absolute Gasteiger partial charge is 0.393 e. The average Bonchev–Trinajstić information content (AvgIpc) is 2.55. The number of carbonyl (C=O) groups is 1. The fourth-order valence-electron chi connectivity index (χ4n) is 1.83. The Kier molecular flexibility index (Phi) is 4.69. The molecule has 0 aromatic carbocycles. The molecule has 17 heavy (non-hydrogen) atoms. The molecule has 5 heteroatoms. The van der Waals surface area contributed by atoms with Gasteiger partial charge >= 0.3 is 0 Å². The van der Waals surface area contributed by atoms with Crippen LogP contribution in [0, 0.1) is 13.8 Å². The number of aromatic nitrogens is 1. The second kappa shape index (κ2) is 5.82. The first-order valence-electron chi connectivity index (χ1n) is 5.82. The second-order valence-electron chi connectivity index (χ2n) is 4.41. The molecule has 1 aromatic heterocycles. The first kappa shape index (κ1) is 13.7. The van der Waals surface area contributed by atoms with E-state index in [1.165, 1.54) is 0 Å². The summed E-state index contributed by atoms with van der Waals surface area (Å²) < 4.78 is 5.05. The third kappa shape index (κ3) is 3.85. The van der Waals surface area contributed by atoms with E-state index in [0.29, 0.717) is 12.8 Å². The number of nitrogens with one attached hydrogen (secondary N) is 1. The Morgan fingerprint density at radius 2 is 2.12 bits per heavy atom. The van der Waals surface area contributed by atoms with Gasteiger partial charge in [0.1, 0.15) is 5.76 Å². The lowest BCUT2D eigenvalue weighted by Gasteiger charge is -2.14. The average molecular weight is 240 g/mol. The van der Waals surface area contributed by atoms with E-state index in [2.05, 4.69) is 10.5 Å². The van der Waals surface area contributed by atoms with E-state index in [-0.39, 0.29) is 11.9 Å². The molecule has 0 aliphatic carbocycles. The van der Waals surface area contributed by atoms with Crippen molar-refractivity contribution in [1.29, 1.82) is 0 Å². The van der Waals surface area contributed by atoms with E-state index < -0.39 is 6.10 Å². The van der Waals surface area contributed by atoms with Crippen LogP contribution in [0.15, 0.2) is 4.52 Å². The van der Waals surface area contributed by atoms with Crippen LogP contribution >= 0.6 is 0 Å². The van der Waals surface area contributed by atoms with E-state index in [1.54, 1.807) is 6.92 Å². The first-order chi connectivity index (χ1) is 7.91. The molecule has 0 aliphatic rings. The van der Waals surface area contributed by atoms with Gasteiger partial charge in [-0.3, -0.25) is 4.79 Å². The predicted octanol–water partition coefficient (Wildman–Crippen LogP) is 1.63. The normalized spacial score (nSPS) is 14.4. The minimum absolute atomic E-state index is 0.0709. The highest BCUT2D eigenvalue weighted by molar-refractivity contribution is 5.76. The lowest BCUT2D eigenvalue weighted by atomic mass is 10.1. The molecule has 1 amide bonds. The van der Waals surface area contributed by atoms with E-state index in [0.717, 1.165) is 17.0 Å². The van der Waals surface area contributed by atoms with Crippen molar-refractivity contribution >= 4 is 5.91 Å². The monoisotopic (exact) mass is 240 g/mol. The van der Waals surface area contributed by atoms with Crippen molar-refractivity contribution < 1.29 is 14.4 Å². The quantitative estimate of drug-likeness (QED) is 0.820. The van der Waals surface area contributed by atoms with E-state index >= 15 is 0 Å². The summed E-state index contributed by atoms with van der Waals surface area (Å²) in [5.41, 5.74) is 1.72. The molecular weight excluding hydrogens is 220 g/mol. The Morgan fingerprint density at radius 1 is 1.47 bits per heavy atom. The van der Waals surface area contributed by atoms with Gasteiger partial charge in [-0.05, 0) is 34.1 Å². The van der Waals surface area contributed by atoms with Gasteiger partial charge in [-0.1, -0.05) is 5.16 Å². The molecule has 2 unspecified atom stereocenters. The maximum absolute atomic E-state index is 11.6. The summed E-state index contributed by atoms with van der Waals surface area (Å²) in [5, 5.41) is 15.8.